The average Bonchev–Trinajstić information content (AvgIpc) is 2.62. The summed E-state index contributed by atoms with van der Waals surface area (Å²) in [6.07, 6.45) is 0. The van der Waals surface area contributed by atoms with Gasteiger partial charge in [-0.05, 0) is 24.1 Å². The third kappa shape index (κ3) is 5.77. The minimum atomic E-state index is -0.790. The number of para-hydroxylation sites is 1. The Hall–Kier alpha value is -2.96. The van der Waals surface area contributed by atoms with Crippen LogP contribution in [0, 0.1) is 17.6 Å². The van der Waals surface area contributed by atoms with E-state index in [0.29, 0.717) is 5.69 Å². The lowest BCUT2D eigenvalue weighted by Gasteiger charge is -2.27. The summed E-state index contributed by atoms with van der Waals surface area (Å²) in [5.41, 5.74) is 0.801. The Balaban J connectivity index is 2.03. The zero-order valence-corrected chi connectivity index (χ0v) is 15.5. The van der Waals surface area contributed by atoms with E-state index >= 15 is 0 Å². The minimum absolute atomic E-state index is 0.0316. The number of benzene rings is 2. The van der Waals surface area contributed by atoms with Crippen LogP contribution in [0.3, 0.4) is 0 Å². The van der Waals surface area contributed by atoms with Gasteiger partial charge >= 0.3 is 6.03 Å². The SMILES string of the molecule is CC(C)C(NC(=O)Nc1ccccc1)C(=O)N(C)Cc1ccc(F)cc1F. The van der Waals surface area contributed by atoms with Gasteiger partial charge in [-0.3, -0.25) is 4.79 Å². The van der Waals surface area contributed by atoms with E-state index in [9.17, 15) is 18.4 Å². The van der Waals surface area contributed by atoms with Gasteiger partial charge < -0.3 is 15.5 Å². The molecule has 2 rings (SSSR count). The maximum absolute atomic E-state index is 13.8. The van der Waals surface area contributed by atoms with Crippen molar-refractivity contribution < 1.29 is 18.4 Å². The van der Waals surface area contributed by atoms with Gasteiger partial charge in [0.1, 0.15) is 17.7 Å². The van der Waals surface area contributed by atoms with Crippen molar-refractivity contribution in [1.82, 2.24) is 10.2 Å². The molecule has 0 saturated carbocycles. The Morgan fingerprint density at radius 3 is 2.33 bits per heavy atom. The molecule has 3 amide bonds. The smallest absolute Gasteiger partial charge is 0.319 e. The molecule has 0 aliphatic rings. The molecule has 0 bridgehead atoms. The molecule has 0 heterocycles. The molecule has 2 aromatic carbocycles. The lowest BCUT2D eigenvalue weighted by atomic mass is 10.0. The number of urea groups is 1. The van der Waals surface area contributed by atoms with Crippen molar-refractivity contribution in [2.75, 3.05) is 12.4 Å². The molecule has 0 aliphatic carbocycles. The van der Waals surface area contributed by atoms with E-state index in [4.69, 9.17) is 0 Å². The number of carbonyl (C=O) groups excluding carboxylic acids is 2. The molecule has 144 valence electrons. The predicted molar refractivity (Wildman–Crippen MR) is 100 cm³/mol. The summed E-state index contributed by atoms with van der Waals surface area (Å²) in [5, 5.41) is 5.32. The molecule has 0 saturated heterocycles. The summed E-state index contributed by atoms with van der Waals surface area (Å²) >= 11 is 0. The largest absolute Gasteiger partial charge is 0.340 e. The Morgan fingerprint density at radius 1 is 1.07 bits per heavy atom. The highest BCUT2D eigenvalue weighted by Gasteiger charge is 2.27. The summed E-state index contributed by atoms with van der Waals surface area (Å²) < 4.78 is 26.9. The lowest BCUT2D eigenvalue weighted by Crippen LogP contribution is -2.51. The summed E-state index contributed by atoms with van der Waals surface area (Å²) in [6.45, 7) is 3.57. The van der Waals surface area contributed by atoms with E-state index in [1.54, 1.807) is 38.1 Å². The van der Waals surface area contributed by atoms with E-state index < -0.39 is 23.7 Å². The second-order valence-corrected chi connectivity index (χ2v) is 6.62. The molecule has 27 heavy (non-hydrogen) atoms. The van der Waals surface area contributed by atoms with Crippen molar-refractivity contribution in [3.63, 3.8) is 0 Å². The Bertz CT molecular complexity index is 797. The Morgan fingerprint density at radius 2 is 1.74 bits per heavy atom. The average molecular weight is 375 g/mol. The van der Waals surface area contributed by atoms with E-state index in [2.05, 4.69) is 10.6 Å². The minimum Gasteiger partial charge on any atom is -0.340 e. The first kappa shape index (κ1) is 20.4. The molecule has 2 aromatic rings. The van der Waals surface area contributed by atoms with Crippen LogP contribution in [-0.4, -0.2) is 29.9 Å². The number of hydrogen-bond acceptors (Lipinski definition) is 2. The first-order valence-electron chi connectivity index (χ1n) is 8.59. The number of amides is 3. The van der Waals surface area contributed by atoms with Gasteiger partial charge in [-0.2, -0.15) is 0 Å². The first-order valence-corrected chi connectivity index (χ1v) is 8.59. The van der Waals surface area contributed by atoms with Gasteiger partial charge in [0.25, 0.3) is 0 Å². The van der Waals surface area contributed by atoms with Gasteiger partial charge in [-0.1, -0.05) is 38.1 Å². The van der Waals surface area contributed by atoms with Crippen LogP contribution in [0.2, 0.25) is 0 Å². The fourth-order valence-electron chi connectivity index (χ4n) is 2.56. The van der Waals surface area contributed by atoms with Crippen molar-refractivity contribution in [1.29, 1.82) is 0 Å². The zero-order valence-electron chi connectivity index (χ0n) is 15.5. The first-order chi connectivity index (χ1) is 12.8. The van der Waals surface area contributed by atoms with Crippen LogP contribution >= 0.6 is 0 Å². The molecule has 5 nitrogen and oxygen atoms in total. The van der Waals surface area contributed by atoms with Crippen LogP contribution < -0.4 is 10.6 Å². The second kappa shape index (κ2) is 9.12. The maximum atomic E-state index is 13.8. The van der Waals surface area contributed by atoms with E-state index in [-0.39, 0.29) is 23.9 Å². The predicted octanol–water partition coefficient (Wildman–Crippen LogP) is 3.77. The molecule has 0 aliphatic heterocycles. The van der Waals surface area contributed by atoms with E-state index in [0.717, 1.165) is 12.1 Å². The number of rotatable bonds is 6. The van der Waals surface area contributed by atoms with Crippen molar-refractivity contribution in [3.05, 3.63) is 65.7 Å². The molecule has 0 aromatic heterocycles. The molecule has 0 fully saturated rings. The highest BCUT2D eigenvalue weighted by Crippen LogP contribution is 2.14. The highest BCUT2D eigenvalue weighted by atomic mass is 19.1. The van der Waals surface area contributed by atoms with Crippen molar-refractivity contribution >= 4 is 17.6 Å². The number of nitrogens with one attached hydrogen (secondary N) is 2. The van der Waals surface area contributed by atoms with Gasteiger partial charge in [0, 0.05) is 30.9 Å². The normalized spacial score (nSPS) is 11.8. The zero-order chi connectivity index (χ0) is 20.0. The molecular weight excluding hydrogens is 352 g/mol. The van der Waals surface area contributed by atoms with Crippen LogP contribution in [0.5, 0.6) is 0 Å². The molecule has 0 spiro atoms. The second-order valence-electron chi connectivity index (χ2n) is 6.62. The number of anilines is 1. The van der Waals surface area contributed by atoms with Gasteiger partial charge in [0.2, 0.25) is 5.91 Å². The number of hydrogen-bond donors (Lipinski definition) is 2. The summed E-state index contributed by atoms with van der Waals surface area (Å²) in [5.74, 6) is -1.94. The summed E-state index contributed by atoms with van der Waals surface area (Å²) in [7, 11) is 1.51. The van der Waals surface area contributed by atoms with Gasteiger partial charge in [-0.15, -0.1) is 0 Å². The Kier molecular flexibility index (Phi) is 6.87. The van der Waals surface area contributed by atoms with Crippen molar-refractivity contribution in [3.8, 4) is 0 Å². The standard InChI is InChI=1S/C20H23F2N3O2/c1-13(2)18(24-20(27)23-16-7-5-4-6-8-16)19(26)25(3)12-14-9-10-15(21)11-17(14)22/h4-11,13,18H,12H2,1-3H3,(H2,23,24,27). The third-order valence-electron chi connectivity index (χ3n) is 4.05. The topological polar surface area (TPSA) is 61.4 Å². The van der Waals surface area contributed by atoms with Crippen LogP contribution in [0.15, 0.2) is 48.5 Å². The quantitative estimate of drug-likeness (QED) is 0.807. The van der Waals surface area contributed by atoms with Crippen LogP contribution in [0.4, 0.5) is 19.3 Å². The fraction of sp³-hybridized carbons (Fsp3) is 0.300. The van der Waals surface area contributed by atoms with Crippen LogP contribution in [-0.2, 0) is 11.3 Å². The number of halogens is 2. The highest BCUT2D eigenvalue weighted by molar-refractivity contribution is 5.93. The van der Waals surface area contributed by atoms with Gasteiger partial charge in [0.05, 0.1) is 0 Å². The number of likely N-dealkylation sites (N-methyl/N-ethyl adjacent to an activating group) is 1. The molecule has 0 radical (unpaired) electrons. The molecule has 7 heteroatoms. The number of nitrogens with zero attached hydrogens (tertiary/aromatic N) is 1. The fourth-order valence-corrected chi connectivity index (χ4v) is 2.56. The third-order valence-corrected chi connectivity index (χ3v) is 4.05. The number of carbonyl (C=O) groups is 2. The van der Waals surface area contributed by atoms with Gasteiger partial charge in [0.15, 0.2) is 0 Å². The van der Waals surface area contributed by atoms with Crippen molar-refractivity contribution in [2.45, 2.75) is 26.4 Å². The lowest BCUT2D eigenvalue weighted by molar-refractivity contribution is -0.133. The van der Waals surface area contributed by atoms with Crippen LogP contribution in [0.1, 0.15) is 19.4 Å². The molecular formula is C20H23F2N3O2. The monoisotopic (exact) mass is 375 g/mol. The maximum Gasteiger partial charge on any atom is 0.319 e. The van der Waals surface area contributed by atoms with Gasteiger partial charge in [-0.25, -0.2) is 13.6 Å². The molecule has 2 N–H and O–H groups in total. The molecule has 1 unspecified atom stereocenters. The Labute approximate surface area is 157 Å². The van der Waals surface area contributed by atoms with E-state index in [1.165, 1.54) is 18.0 Å². The molecule has 1 atom stereocenters. The summed E-state index contributed by atoms with van der Waals surface area (Å²) in [4.78, 5) is 26.3. The van der Waals surface area contributed by atoms with Crippen LogP contribution in [0.25, 0.3) is 0 Å². The van der Waals surface area contributed by atoms with Crippen molar-refractivity contribution in [2.24, 2.45) is 5.92 Å². The summed E-state index contributed by atoms with van der Waals surface area (Å²) in [6, 6.07) is 10.8. The van der Waals surface area contributed by atoms with E-state index in [1.807, 2.05) is 6.07 Å².